The lowest BCUT2D eigenvalue weighted by molar-refractivity contribution is -0.138. The number of carbonyl (C=O) groups excluding carboxylic acids is 3. The molecular formula is C20H18F3N3O4S. The Morgan fingerprint density at radius 2 is 1.77 bits per heavy atom. The fraction of sp³-hybridized carbons (Fsp3) is 0.250. The second-order valence-electron chi connectivity index (χ2n) is 6.51. The van der Waals surface area contributed by atoms with Gasteiger partial charge in [-0.3, -0.25) is 15.0 Å². The third-order valence-corrected chi connectivity index (χ3v) is 5.58. The van der Waals surface area contributed by atoms with Gasteiger partial charge < -0.3 is 10.1 Å². The van der Waals surface area contributed by atoms with Crippen molar-refractivity contribution in [3.63, 3.8) is 0 Å². The minimum absolute atomic E-state index is 0.00699. The van der Waals surface area contributed by atoms with Crippen molar-refractivity contribution in [1.29, 1.82) is 0 Å². The number of amides is 3. The Labute approximate surface area is 179 Å². The van der Waals surface area contributed by atoms with Crippen LogP contribution in [0.3, 0.4) is 0 Å². The number of alkyl halides is 3. The quantitative estimate of drug-likeness (QED) is 0.602. The highest BCUT2D eigenvalue weighted by molar-refractivity contribution is 8.01. The molecule has 1 aliphatic heterocycles. The van der Waals surface area contributed by atoms with Gasteiger partial charge in [0, 0.05) is 17.7 Å². The smallest absolute Gasteiger partial charge is 0.426 e. The Hall–Kier alpha value is -3.21. The predicted molar refractivity (Wildman–Crippen MR) is 107 cm³/mol. The molecular weight excluding hydrogens is 435 g/mol. The lowest BCUT2D eigenvalue weighted by Crippen LogP contribution is -2.44. The third kappa shape index (κ3) is 6.14. The Balaban J connectivity index is 1.41. The number of halogens is 3. The minimum Gasteiger partial charge on any atom is -0.448 e. The zero-order chi connectivity index (χ0) is 22.4. The number of fused-ring (bicyclic) bond motifs is 1. The Morgan fingerprint density at radius 1 is 1.06 bits per heavy atom. The fourth-order valence-electron chi connectivity index (χ4n) is 2.87. The molecule has 3 N–H and O–H groups in total. The molecule has 0 saturated carbocycles. The molecule has 11 heteroatoms. The molecule has 0 aromatic heterocycles. The maximum absolute atomic E-state index is 12.9. The molecule has 164 valence electrons. The number of thioether (sulfide) groups is 1. The summed E-state index contributed by atoms with van der Waals surface area (Å²) in [6, 6.07) is 12.2. The van der Waals surface area contributed by atoms with Crippen LogP contribution in [0, 0.1) is 0 Å². The zero-order valence-electron chi connectivity index (χ0n) is 16.0. The number of anilines is 1. The number of hydrazine groups is 1. The first kappa shape index (κ1) is 22.5. The number of ether oxygens (including phenoxy) is 1. The normalized spacial score (nSPS) is 15.5. The summed E-state index contributed by atoms with van der Waals surface area (Å²) in [6.45, 7) is -0.313. The fourth-order valence-corrected chi connectivity index (χ4v) is 3.98. The summed E-state index contributed by atoms with van der Waals surface area (Å²) in [5.41, 5.74) is 4.00. The molecule has 2 aromatic carbocycles. The maximum Gasteiger partial charge on any atom is 0.426 e. The van der Waals surface area contributed by atoms with E-state index >= 15 is 0 Å². The topological polar surface area (TPSA) is 96.5 Å². The van der Waals surface area contributed by atoms with E-state index in [1.165, 1.54) is 30.0 Å². The van der Waals surface area contributed by atoms with Crippen LogP contribution < -0.4 is 16.2 Å². The van der Waals surface area contributed by atoms with Crippen molar-refractivity contribution in [2.75, 3.05) is 11.9 Å². The van der Waals surface area contributed by atoms with Gasteiger partial charge in [-0.25, -0.2) is 10.2 Å². The summed E-state index contributed by atoms with van der Waals surface area (Å²) in [4.78, 5) is 36.6. The Kier molecular flexibility index (Phi) is 7.06. The maximum atomic E-state index is 12.9. The van der Waals surface area contributed by atoms with Crippen LogP contribution in [0.5, 0.6) is 0 Å². The lowest BCUT2D eigenvalue weighted by atomic mass is 10.0. The second-order valence-corrected chi connectivity index (χ2v) is 7.75. The highest BCUT2D eigenvalue weighted by Gasteiger charge is 2.32. The van der Waals surface area contributed by atoms with Gasteiger partial charge in [0.1, 0.15) is 0 Å². The average molecular weight is 453 g/mol. The van der Waals surface area contributed by atoms with E-state index in [1.54, 1.807) is 12.1 Å². The molecule has 0 fully saturated rings. The zero-order valence-corrected chi connectivity index (χ0v) is 16.8. The number of para-hydroxylation sites is 1. The summed E-state index contributed by atoms with van der Waals surface area (Å²) in [7, 11) is 0. The molecule has 0 spiro atoms. The first-order valence-corrected chi connectivity index (χ1v) is 10.1. The van der Waals surface area contributed by atoms with Crippen LogP contribution in [0.1, 0.15) is 17.5 Å². The van der Waals surface area contributed by atoms with Gasteiger partial charge in [0.25, 0.3) is 0 Å². The van der Waals surface area contributed by atoms with E-state index in [1.807, 2.05) is 17.6 Å². The molecule has 0 bridgehead atoms. The van der Waals surface area contributed by atoms with Gasteiger partial charge in [-0.1, -0.05) is 30.3 Å². The first-order chi connectivity index (χ1) is 14.7. The SMILES string of the molecule is O=C(CC1Sc2ccccc2NC1=O)NNC(=O)OCCc1ccccc1C(F)(F)F. The van der Waals surface area contributed by atoms with Crippen molar-refractivity contribution in [3.05, 3.63) is 59.7 Å². The van der Waals surface area contributed by atoms with Crippen molar-refractivity contribution >= 4 is 35.4 Å². The van der Waals surface area contributed by atoms with E-state index in [0.717, 1.165) is 11.0 Å². The van der Waals surface area contributed by atoms with Crippen molar-refractivity contribution in [1.82, 2.24) is 10.9 Å². The molecule has 0 saturated heterocycles. The van der Waals surface area contributed by atoms with Gasteiger partial charge in [-0.15, -0.1) is 11.8 Å². The Bertz CT molecular complexity index is 984. The molecule has 1 heterocycles. The standard InChI is InChI=1S/C20H18F3N3O4S/c21-20(22,23)13-6-2-1-5-12(13)9-10-30-19(29)26-25-17(27)11-16-18(28)24-14-7-3-4-8-15(14)31-16/h1-8,16H,9-11H2,(H,24,28)(H,25,27)(H,26,29). The average Bonchev–Trinajstić information content (AvgIpc) is 2.72. The third-order valence-electron chi connectivity index (χ3n) is 4.31. The molecule has 1 aliphatic rings. The van der Waals surface area contributed by atoms with Crippen LogP contribution in [0.4, 0.5) is 23.7 Å². The van der Waals surface area contributed by atoms with Crippen molar-refractivity contribution < 1.29 is 32.3 Å². The summed E-state index contributed by atoms with van der Waals surface area (Å²) in [5.74, 6) is -0.948. The van der Waals surface area contributed by atoms with Gasteiger partial charge in [-0.05, 0) is 23.8 Å². The highest BCUT2D eigenvalue weighted by atomic mass is 32.2. The molecule has 3 amide bonds. The predicted octanol–water partition coefficient (Wildman–Crippen LogP) is 3.51. The molecule has 3 rings (SSSR count). The van der Waals surface area contributed by atoms with Crippen LogP contribution in [-0.2, 0) is 26.9 Å². The van der Waals surface area contributed by atoms with Gasteiger partial charge in [-0.2, -0.15) is 13.2 Å². The molecule has 7 nitrogen and oxygen atoms in total. The second kappa shape index (κ2) is 9.73. The number of hydrogen-bond acceptors (Lipinski definition) is 5. The van der Waals surface area contributed by atoms with Crippen LogP contribution in [0.2, 0.25) is 0 Å². The molecule has 0 radical (unpaired) electrons. The van der Waals surface area contributed by atoms with Crippen LogP contribution in [-0.4, -0.2) is 29.8 Å². The molecule has 1 unspecified atom stereocenters. The summed E-state index contributed by atoms with van der Waals surface area (Å²) < 4.78 is 43.6. The van der Waals surface area contributed by atoms with Crippen molar-refractivity contribution in [3.8, 4) is 0 Å². The van der Waals surface area contributed by atoms with Crippen LogP contribution in [0.15, 0.2) is 53.4 Å². The number of benzene rings is 2. The number of carbonyl (C=O) groups is 3. The van der Waals surface area contributed by atoms with Crippen molar-refractivity contribution in [2.45, 2.75) is 29.2 Å². The van der Waals surface area contributed by atoms with E-state index in [4.69, 9.17) is 4.74 Å². The Morgan fingerprint density at radius 3 is 2.55 bits per heavy atom. The van der Waals surface area contributed by atoms with E-state index in [-0.39, 0.29) is 30.9 Å². The largest absolute Gasteiger partial charge is 0.448 e. The number of nitrogens with one attached hydrogen (secondary N) is 3. The van der Waals surface area contributed by atoms with Gasteiger partial charge >= 0.3 is 12.3 Å². The molecule has 0 aliphatic carbocycles. The molecule has 2 aromatic rings. The van der Waals surface area contributed by atoms with E-state index in [2.05, 4.69) is 10.7 Å². The highest BCUT2D eigenvalue weighted by Crippen LogP contribution is 2.36. The van der Waals surface area contributed by atoms with Gasteiger partial charge in [0.2, 0.25) is 11.8 Å². The molecule has 31 heavy (non-hydrogen) atoms. The van der Waals surface area contributed by atoms with Gasteiger partial charge in [0.15, 0.2) is 0 Å². The van der Waals surface area contributed by atoms with E-state index in [0.29, 0.717) is 5.69 Å². The molecule has 1 atom stereocenters. The first-order valence-electron chi connectivity index (χ1n) is 9.17. The van der Waals surface area contributed by atoms with E-state index < -0.39 is 29.0 Å². The van der Waals surface area contributed by atoms with E-state index in [9.17, 15) is 27.6 Å². The van der Waals surface area contributed by atoms with Crippen molar-refractivity contribution in [2.24, 2.45) is 0 Å². The minimum atomic E-state index is -4.50. The summed E-state index contributed by atoms with van der Waals surface area (Å²) >= 11 is 1.23. The number of rotatable bonds is 5. The van der Waals surface area contributed by atoms with Crippen LogP contribution >= 0.6 is 11.8 Å². The monoisotopic (exact) mass is 453 g/mol. The summed E-state index contributed by atoms with van der Waals surface area (Å²) in [5, 5.41) is 2.03. The van der Waals surface area contributed by atoms with Crippen LogP contribution in [0.25, 0.3) is 0 Å². The number of hydrogen-bond donors (Lipinski definition) is 3. The summed E-state index contributed by atoms with van der Waals surface area (Å²) in [6.07, 6.45) is -5.86. The van der Waals surface area contributed by atoms with Gasteiger partial charge in [0.05, 0.1) is 23.1 Å². The lowest BCUT2D eigenvalue weighted by Gasteiger charge is -2.23.